The Hall–Kier alpha value is -1.79. The quantitative estimate of drug-likeness (QED) is 0.875. The van der Waals surface area contributed by atoms with Gasteiger partial charge in [0.25, 0.3) is 0 Å². The summed E-state index contributed by atoms with van der Waals surface area (Å²) in [6.45, 7) is 2.10. The number of aryl methyl sites for hydroxylation is 1. The van der Waals surface area contributed by atoms with Crippen LogP contribution in [0.2, 0.25) is 0 Å². The molecular weight excluding hydrogens is 248 g/mol. The Morgan fingerprint density at radius 2 is 2.11 bits per heavy atom. The van der Waals surface area contributed by atoms with E-state index < -0.39 is 0 Å². The fourth-order valence-electron chi connectivity index (χ4n) is 1.62. The highest BCUT2D eigenvalue weighted by Gasteiger charge is 2.19. The molecule has 3 N–H and O–H groups in total. The number of hydrogen-bond donors (Lipinski definition) is 2. The molecule has 0 saturated heterocycles. The van der Waals surface area contributed by atoms with Crippen molar-refractivity contribution in [2.24, 2.45) is 5.73 Å². The molecule has 0 radical (unpaired) electrons. The minimum atomic E-state index is -0.365. The van der Waals surface area contributed by atoms with E-state index in [2.05, 4.69) is 15.5 Å². The van der Waals surface area contributed by atoms with Gasteiger partial charge in [0, 0.05) is 6.54 Å². The van der Waals surface area contributed by atoms with Crippen LogP contribution >= 0.6 is 11.3 Å². The molecule has 6 heteroatoms. The van der Waals surface area contributed by atoms with E-state index in [0.29, 0.717) is 5.13 Å². The highest BCUT2D eigenvalue weighted by Crippen LogP contribution is 2.19. The third-order valence-electron chi connectivity index (χ3n) is 2.51. The maximum atomic E-state index is 12.1. The molecule has 1 atom stereocenters. The minimum absolute atomic E-state index is 0.153. The third kappa shape index (κ3) is 2.91. The topological polar surface area (TPSA) is 80.9 Å². The standard InChI is InChI=1S/C12H14N4OS/c1-8-15-16-12(18-8)14-11(17)10(7-13)9-5-3-2-4-6-9/h2-6,10H,7,13H2,1H3,(H,14,16,17). The average molecular weight is 262 g/mol. The molecule has 0 aliphatic carbocycles. The van der Waals surface area contributed by atoms with Crippen molar-refractivity contribution in [3.8, 4) is 0 Å². The summed E-state index contributed by atoms with van der Waals surface area (Å²) >= 11 is 1.34. The van der Waals surface area contributed by atoms with Crippen LogP contribution in [-0.2, 0) is 4.79 Å². The van der Waals surface area contributed by atoms with Crippen LogP contribution in [0.3, 0.4) is 0 Å². The van der Waals surface area contributed by atoms with Gasteiger partial charge in [-0.1, -0.05) is 41.7 Å². The molecule has 1 aromatic carbocycles. The second-order valence-electron chi connectivity index (χ2n) is 3.81. The van der Waals surface area contributed by atoms with Gasteiger partial charge in [-0.25, -0.2) is 0 Å². The summed E-state index contributed by atoms with van der Waals surface area (Å²) in [5.41, 5.74) is 6.57. The number of anilines is 1. The average Bonchev–Trinajstić information content (AvgIpc) is 2.77. The molecule has 18 heavy (non-hydrogen) atoms. The fourth-order valence-corrected chi connectivity index (χ4v) is 2.21. The summed E-state index contributed by atoms with van der Waals surface area (Å²) in [5, 5.41) is 11.8. The molecule has 0 aliphatic rings. The number of rotatable bonds is 4. The van der Waals surface area contributed by atoms with Gasteiger partial charge in [0.15, 0.2) is 0 Å². The molecule has 5 nitrogen and oxygen atoms in total. The van der Waals surface area contributed by atoms with E-state index in [1.807, 2.05) is 37.3 Å². The largest absolute Gasteiger partial charge is 0.329 e. The van der Waals surface area contributed by atoms with E-state index in [-0.39, 0.29) is 18.4 Å². The number of nitrogens with one attached hydrogen (secondary N) is 1. The van der Waals surface area contributed by atoms with Crippen molar-refractivity contribution >= 4 is 22.4 Å². The zero-order valence-corrected chi connectivity index (χ0v) is 10.8. The van der Waals surface area contributed by atoms with E-state index in [4.69, 9.17) is 5.73 Å². The number of aromatic nitrogens is 2. The zero-order chi connectivity index (χ0) is 13.0. The molecule has 2 rings (SSSR count). The lowest BCUT2D eigenvalue weighted by Gasteiger charge is -2.13. The number of benzene rings is 1. The molecule has 0 aliphatic heterocycles. The highest BCUT2D eigenvalue weighted by molar-refractivity contribution is 7.15. The van der Waals surface area contributed by atoms with Gasteiger partial charge >= 0.3 is 0 Å². The smallest absolute Gasteiger partial charge is 0.235 e. The van der Waals surface area contributed by atoms with E-state index in [1.165, 1.54) is 11.3 Å². The molecule has 0 saturated carbocycles. The predicted molar refractivity (Wildman–Crippen MR) is 71.5 cm³/mol. The first-order valence-corrected chi connectivity index (χ1v) is 6.38. The maximum absolute atomic E-state index is 12.1. The Balaban J connectivity index is 2.11. The lowest BCUT2D eigenvalue weighted by atomic mass is 9.99. The van der Waals surface area contributed by atoms with Gasteiger partial charge in [-0.3, -0.25) is 10.1 Å². The Labute approximate surface area is 109 Å². The van der Waals surface area contributed by atoms with Crippen LogP contribution in [-0.4, -0.2) is 22.6 Å². The number of amides is 1. The fraction of sp³-hybridized carbons (Fsp3) is 0.250. The van der Waals surface area contributed by atoms with Gasteiger partial charge in [-0.15, -0.1) is 10.2 Å². The van der Waals surface area contributed by atoms with Crippen molar-refractivity contribution in [2.45, 2.75) is 12.8 Å². The van der Waals surface area contributed by atoms with Gasteiger partial charge in [0.05, 0.1) is 5.92 Å². The van der Waals surface area contributed by atoms with E-state index in [9.17, 15) is 4.79 Å². The van der Waals surface area contributed by atoms with Crippen molar-refractivity contribution in [2.75, 3.05) is 11.9 Å². The van der Waals surface area contributed by atoms with E-state index in [1.54, 1.807) is 0 Å². The zero-order valence-electron chi connectivity index (χ0n) is 9.96. The Kier molecular flexibility index (Phi) is 4.01. The van der Waals surface area contributed by atoms with Crippen molar-refractivity contribution < 1.29 is 4.79 Å². The van der Waals surface area contributed by atoms with Crippen LogP contribution in [0.25, 0.3) is 0 Å². The van der Waals surface area contributed by atoms with Crippen LogP contribution in [0.4, 0.5) is 5.13 Å². The van der Waals surface area contributed by atoms with Crippen LogP contribution in [0, 0.1) is 6.92 Å². The maximum Gasteiger partial charge on any atom is 0.235 e. The van der Waals surface area contributed by atoms with Gasteiger partial charge < -0.3 is 5.73 Å². The van der Waals surface area contributed by atoms with Crippen molar-refractivity contribution in [1.82, 2.24) is 10.2 Å². The summed E-state index contributed by atoms with van der Waals surface area (Å²) in [7, 11) is 0. The van der Waals surface area contributed by atoms with Crippen molar-refractivity contribution in [1.29, 1.82) is 0 Å². The predicted octanol–water partition coefficient (Wildman–Crippen LogP) is 1.53. The normalized spacial score (nSPS) is 12.1. The number of hydrogen-bond acceptors (Lipinski definition) is 5. The summed E-state index contributed by atoms with van der Waals surface area (Å²) in [6.07, 6.45) is 0. The second kappa shape index (κ2) is 5.70. The number of carbonyl (C=O) groups excluding carboxylic acids is 1. The van der Waals surface area contributed by atoms with Gasteiger partial charge in [0.1, 0.15) is 5.01 Å². The molecule has 0 spiro atoms. The van der Waals surface area contributed by atoms with Gasteiger partial charge in [-0.05, 0) is 12.5 Å². The molecule has 1 aromatic heterocycles. The molecule has 1 amide bonds. The van der Waals surface area contributed by atoms with E-state index in [0.717, 1.165) is 10.6 Å². The second-order valence-corrected chi connectivity index (χ2v) is 5.00. The van der Waals surface area contributed by atoms with Crippen LogP contribution < -0.4 is 11.1 Å². The first-order chi connectivity index (χ1) is 8.70. The minimum Gasteiger partial charge on any atom is -0.329 e. The SMILES string of the molecule is Cc1nnc(NC(=O)C(CN)c2ccccc2)s1. The Bertz CT molecular complexity index is 526. The first-order valence-electron chi connectivity index (χ1n) is 5.56. The summed E-state index contributed by atoms with van der Waals surface area (Å²) in [6, 6.07) is 9.47. The lowest BCUT2D eigenvalue weighted by molar-refractivity contribution is -0.117. The Morgan fingerprint density at radius 3 is 2.67 bits per heavy atom. The molecule has 2 aromatic rings. The van der Waals surface area contributed by atoms with Gasteiger partial charge in [0.2, 0.25) is 11.0 Å². The summed E-state index contributed by atoms with van der Waals surface area (Å²) in [5.74, 6) is -0.518. The summed E-state index contributed by atoms with van der Waals surface area (Å²) in [4.78, 5) is 12.1. The first kappa shape index (κ1) is 12.7. The number of carbonyl (C=O) groups is 1. The van der Waals surface area contributed by atoms with E-state index >= 15 is 0 Å². The Morgan fingerprint density at radius 1 is 1.39 bits per heavy atom. The number of nitrogens with zero attached hydrogens (tertiary/aromatic N) is 2. The van der Waals surface area contributed by atoms with Crippen LogP contribution in [0.15, 0.2) is 30.3 Å². The summed E-state index contributed by atoms with van der Waals surface area (Å²) < 4.78 is 0. The highest BCUT2D eigenvalue weighted by atomic mass is 32.1. The molecular formula is C12H14N4OS. The van der Waals surface area contributed by atoms with Crippen molar-refractivity contribution in [3.05, 3.63) is 40.9 Å². The van der Waals surface area contributed by atoms with Gasteiger partial charge in [-0.2, -0.15) is 0 Å². The molecule has 0 bridgehead atoms. The van der Waals surface area contributed by atoms with Crippen LogP contribution in [0.1, 0.15) is 16.5 Å². The van der Waals surface area contributed by atoms with Crippen LogP contribution in [0.5, 0.6) is 0 Å². The molecule has 0 fully saturated rings. The number of nitrogens with two attached hydrogens (primary N) is 1. The monoisotopic (exact) mass is 262 g/mol. The molecule has 1 unspecified atom stereocenters. The molecule has 1 heterocycles. The lowest BCUT2D eigenvalue weighted by Crippen LogP contribution is -2.27. The van der Waals surface area contributed by atoms with Crippen molar-refractivity contribution in [3.63, 3.8) is 0 Å². The third-order valence-corrected chi connectivity index (χ3v) is 3.26. The molecule has 94 valence electrons.